The SMILES string of the molecule is COc1cc(-c2cc(-c3cnn(CCO)c3)n3ncnc(N)c23)ccc1CC(=O)OC(C)(C)C. The summed E-state index contributed by atoms with van der Waals surface area (Å²) in [6, 6.07) is 7.58. The average Bonchev–Trinajstić information content (AvgIpc) is 3.38. The van der Waals surface area contributed by atoms with Crippen molar-refractivity contribution in [1.82, 2.24) is 24.4 Å². The number of anilines is 1. The largest absolute Gasteiger partial charge is 0.496 e. The number of aliphatic hydroxyl groups is 1. The molecule has 178 valence electrons. The molecule has 10 heteroatoms. The number of rotatable bonds is 7. The van der Waals surface area contributed by atoms with Crippen LogP contribution < -0.4 is 10.5 Å². The Morgan fingerprint density at radius 3 is 2.68 bits per heavy atom. The van der Waals surface area contributed by atoms with E-state index in [-0.39, 0.29) is 19.0 Å². The molecule has 0 aliphatic rings. The van der Waals surface area contributed by atoms with Gasteiger partial charge in [-0.05, 0) is 38.5 Å². The van der Waals surface area contributed by atoms with Gasteiger partial charge in [0.1, 0.15) is 23.2 Å². The molecule has 0 radical (unpaired) electrons. The molecule has 0 spiro atoms. The summed E-state index contributed by atoms with van der Waals surface area (Å²) in [4.78, 5) is 16.5. The number of nitrogen functional groups attached to an aromatic ring is 1. The van der Waals surface area contributed by atoms with Crippen LogP contribution in [0.2, 0.25) is 0 Å². The number of methoxy groups -OCH3 is 1. The molecule has 4 rings (SSSR count). The Hall–Kier alpha value is -3.92. The number of nitrogens with zero attached hydrogens (tertiary/aromatic N) is 5. The third-order valence-electron chi connectivity index (χ3n) is 5.19. The summed E-state index contributed by atoms with van der Waals surface area (Å²) in [5, 5.41) is 17.9. The second-order valence-electron chi connectivity index (χ2n) is 8.85. The zero-order chi connectivity index (χ0) is 24.5. The number of nitrogens with two attached hydrogens (primary N) is 1. The summed E-state index contributed by atoms with van der Waals surface area (Å²) in [5.41, 5.74) is 10.3. The van der Waals surface area contributed by atoms with Gasteiger partial charge in [0.25, 0.3) is 0 Å². The first-order valence-corrected chi connectivity index (χ1v) is 10.8. The van der Waals surface area contributed by atoms with E-state index in [1.165, 1.54) is 6.33 Å². The normalized spacial score (nSPS) is 11.7. The van der Waals surface area contributed by atoms with Crippen LogP contribution in [0.5, 0.6) is 5.75 Å². The number of carbonyl (C=O) groups is 1. The molecule has 0 atom stereocenters. The molecule has 0 saturated heterocycles. The Balaban J connectivity index is 1.77. The minimum absolute atomic E-state index is 0.00811. The van der Waals surface area contributed by atoms with Gasteiger partial charge < -0.3 is 20.3 Å². The highest BCUT2D eigenvalue weighted by Crippen LogP contribution is 2.36. The van der Waals surface area contributed by atoms with Crippen molar-refractivity contribution in [2.75, 3.05) is 19.5 Å². The molecule has 3 heterocycles. The Bertz CT molecular complexity index is 1340. The van der Waals surface area contributed by atoms with Crippen LogP contribution in [0.1, 0.15) is 26.3 Å². The molecular formula is C24H28N6O4. The highest BCUT2D eigenvalue weighted by Gasteiger charge is 2.21. The lowest BCUT2D eigenvalue weighted by Crippen LogP contribution is -2.25. The molecule has 34 heavy (non-hydrogen) atoms. The van der Waals surface area contributed by atoms with E-state index >= 15 is 0 Å². The molecule has 4 aromatic rings. The fraction of sp³-hybridized carbons (Fsp3) is 0.333. The van der Waals surface area contributed by atoms with Crippen molar-refractivity contribution >= 4 is 17.3 Å². The Labute approximate surface area is 196 Å². The molecule has 0 bridgehead atoms. The van der Waals surface area contributed by atoms with Crippen LogP contribution in [0.3, 0.4) is 0 Å². The summed E-state index contributed by atoms with van der Waals surface area (Å²) < 4.78 is 14.4. The summed E-state index contributed by atoms with van der Waals surface area (Å²) in [7, 11) is 1.56. The van der Waals surface area contributed by atoms with Crippen LogP contribution in [0, 0.1) is 0 Å². The highest BCUT2D eigenvalue weighted by molar-refractivity contribution is 5.92. The zero-order valence-corrected chi connectivity index (χ0v) is 19.6. The zero-order valence-electron chi connectivity index (χ0n) is 19.6. The molecule has 10 nitrogen and oxygen atoms in total. The van der Waals surface area contributed by atoms with E-state index < -0.39 is 5.60 Å². The number of benzene rings is 1. The Morgan fingerprint density at radius 1 is 1.18 bits per heavy atom. The summed E-state index contributed by atoms with van der Waals surface area (Å²) in [6.45, 7) is 5.89. The van der Waals surface area contributed by atoms with Crippen molar-refractivity contribution < 1.29 is 19.4 Å². The third kappa shape index (κ3) is 4.72. The van der Waals surface area contributed by atoms with Gasteiger partial charge >= 0.3 is 5.97 Å². The minimum Gasteiger partial charge on any atom is -0.496 e. The van der Waals surface area contributed by atoms with E-state index in [1.54, 1.807) is 22.5 Å². The number of hydrogen-bond donors (Lipinski definition) is 2. The number of ether oxygens (including phenoxy) is 2. The van der Waals surface area contributed by atoms with Crippen LogP contribution >= 0.6 is 0 Å². The van der Waals surface area contributed by atoms with Gasteiger partial charge in [-0.2, -0.15) is 10.2 Å². The van der Waals surface area contributed by atoms with Crippen molar-refractivity contribution in [3.63, 3.8) is 0 Å². The second kappa shape index (κ2) is 9.14. The topological polar surface area (TPSA) is 130 Å². The maximum absolute atomic E-state index is 12.3. The molecule has 3 aromatic heterocycles. The molecule has 1 aromatic carbocycles. The molecule has 3 N–H and O–H groups in total. The number of fused-ring (bicyclic) bond motifs is 1. The smallest absolute Gasteiger partial charge is 0.310 e. The number of carbonyl (C=O) groups excluding carboxylic acids is 1. The van der Waals surface area contributed by atoms with Crippen molar-refractivity contribution in [1.29, 1.82) is 0 Å². The maximum Gasteiger partial charge on any atom is 0.310 e. The summed E-state index contributed by atoms with van der Waals surface area (Å²) >= 11 is 0. The Kier molecular flexibility index (Phi) is 6.25. The van der Waals surface area contributed by atoms with Gasteiger partial charge in [-0.1, -0.05) is 12.1 Å². The standard InChI is InChI=1S/C24H28N6O4/c1-24(2,3)34-21(32)10-16-6-5-15(9-20(16)33-4)18-11-19(17-12-27-29(13-17)7-8-31)30-22(18)23(25)26-14-28-30/h5-6,9,11-14,31H,7-8,10H2,1-4H3,(H2,25,26,28). The molecule has 0 amide bonds. The molecule has 0 saturated carbocycles. The monoisotopic (exact) mass is 464 g/mol. The van der Waals surface area contributed by atoms with E-state index in [4.69, 9.17) is 15.2 Å². The van der Waals surface area contributed by atoms with Crippen LogP contribution in [-0.4, -0.2) is 54.8 Å². The molecule has 0 unspecified atom stereocenters. The van der Waals surface area contributed by atoms with Gasteiger partial charge in [0, 0.05) is 22.9 Å². The van der Waals surface area contributed by atoms with E-state index in [2.05, 4.69) is 15.2 Å². The number of hydrogen-bond acceptors (Lipinski definition) is 8. The van der Waals surface area contributed by atoms with Gasteiger partial charge in [-0.25, -0.2) is 9.50 Å². The van der Waals surface area contributed by atoms with Crippen molar-refractivity contribution in [2.45, 2.75) is 39.3 Å². The van der Waals surface area contributed by atoms with E-state index in [0.29, 0.717) is 23.6 Å². The Morgan fingerprint density at radius 2 is 1.97 bits per heavy atom. The highest BCUT2D eigenvalue weighted by atomic mass is 16.6. The number of aromatic nitrogens is 5. The maximum atomic E-state index is 12.3. The lowest BCUT2D eigenvalue weighted by molar-refractivity contribution is -0.153. The quantitative estimate of drug-likeness (QED) is 0.399. The van der Waals surface area contributed by atoms with E-state index in [9.17, 15) is 9.90 Å². The molecule has 0 aliphatic heterocycles. The van der Waals surface area contributed by atoms with Crippen LogP contribution in [0.25, 0.3) is 27.9 Å². The number of esters is 1. The summed E-state index contributed by atoms with van der Waals surface area (Å²) in [6.07, 6.45) is 5.05. The van der Waals surface area contributed by atoms with Gasteiger partial charge in [-0.3, -0.25) is 9.48 Å². The fourth-order valence-electron chi connectivity index (χ4n) is 3.81. The first-order chi connectivity index (χ1) is 16.2. The van der Waals surface area contributed by atoms with Crippen LogP contribution in [-0.2, 0) is 22.5 Å². The van der Waals surface area contributed by atoms with E-state index in [1.807, 2.05) is 51.2 Å². The predicted molar refractivity (Wildman–Crippen MR) is 127 cm³/mol. The lowest BCUT2D eigenvalue weighted by Gasteiger charge is -2.20. The second-order valence-corrected chi connectivity index (χ2v) is 8.85. The minimum atomic E-state index is -0.561. The summed E-state index contributed by atoms with van der Waals surface area (Å²) in [5.74, 6) is 0.568. The van der Waals surface area contributed by atoms with Gasteiger partial charge in [-0.15, -0.1) is 0 Å². The molecule has 0 fully saturated rings. The fourth-order valence-corrected chi connectivity index (χ4v) is 3.81. The first-order valence-electron chi connectivity index (χ1n) is 10.8. The van der Waals surface area contributed by atoms with E-state index in [0.717, 1.165) is 27.9 Å². The van der Waals surface area contributed by atoms with Gasteiger partial charge in [0.2, 0.25) is 0 Å². The van der Waals surface area contributed by atoms with Gasteiger partial charge in [0.15, 0.2) is 5.82 Å². The predicted octanol–water partition coefficient (Wildman–Crippen LogP) is 2.73. The third-order valence-corrected chi connectivity index (χ3v) is 5.19. The van der Waals surface area contributed by atoms with Gasteiger partial charge in [0.05, 0.1) is 38.6 Å². The van der Waals surface area contributed by atoms with Crippen LogP contribution in [0.15, 0.2) is 43.0 Å². The number of aliphatic hydroxyl groups excluding tert-OH is 1. The lowest BCUT2D eigenvalue weighted by atomic mass is 10.0. The molecule has 0 aliphatic carbocycles. The first kappa shape index (κ1) is 23.2. The average molecular weight is 465 g/mol. The van der Waals surface area contributed by atoms with Crippen molar-refractivity contribution in [2.24, 2.45) is 0 Å². The van der Waals surface area contributed by atoms with Crippen molar-refractivity contribution in [3.05, 3.63) is 48.5 Å². The van der Waals surface area contributed by atoms with Crippen molar-refractivity contribution in [3.8, 4) is 28.1 Å². The van der Waals surface area contributed by atoms with Crippen LogP contribution in [0.4, 0.5) is 5.82 Å². The molecular weight excluding hydrogens is 436 g/mol.